The third kappa shape index (κ3) is 1.70. The van der Waals surface area contributed by atoms with Crippen molar-refractivity contribution in [2.75, 3.05) is 0 Å². The zero-order valence-electron chi connectivity index (χ0n) is 8.70. The van der Waals surface area contributed by atoms with Gasteiger partial charge in [-0.25, -0.2) is 0 Å². The fraction of sp³-hybridized carbons (Fsp3) is 0. The van der Waals surface area contributed by atoms with Crippen LogP contribution in [-0.4, -0.2) is 20.4 Å². The number of nitrogens with zero attached hydrogens (tertiary/aromatic N) is 3. The van der Waals surface area contributed by atoms with E-state index >= 15 is 0 Å². The van der Waals surface area contributed by atoms with E-state index in [9.17, 15) is 4.79 Å². The van der Waals surface area contributed by atoms with Crippen LogP contribution in [0, 0.1) is 0 Å². The van der Waals surface area contributed by atoms with Crippen LogP contribution < -0.4 is 0 Å². The number of pyridine rings is 1. The first-order chi connectivity index (χ1) is 8.36. The molecule has 2 heterocycles. The van der Waals surface area contributed by atoms with Crippen LogP contribution in [0.15, 0.2) is 42.7 Å². The maximum absolute atomic E-state index is 12.2. The van der Waals surface area contributed by atoms with Gasteiger partial charge in [-0.05, 0) is 23.7 Å². The highest BCUT2D eigenvalue weighted by molar-refractivity contribution is 7.08. The molecule has 0 fully saturated rings. The Labute approximate surface area is 101 Å². The minimum atomic E-state index is -0.0569. The topological polar surface area (TPSA) is 55.7 Å². The molecular formula is C12H7N3OS. The molecule has 0 aliphatic rings. The largest absolute Gasteiger partial charge is 0.288 e. The third-order valence-corrected chi connectivity index (χ3v) is 3.14. The minimum Gasteiger partial charge on any atom is -0.288 e. The van der Waals surface area contributed by atoms with Crippen LogP contribution in [0.5, 0.6) is 0 Å². The van der Waals surface area contributed by atoms with Gasteiger partial charge in [0.15, 0.2) is 0 Å². The van der Waals surface area contributed by atoms with Crippen LogP contribution in [-0.2, 0) is 0 Å². The second kappa shape index (κ2) is 4.03. The predicted octanol–water partition coefficient (Wildman–Crippen LogP) is 2.32. The lowest BCUT2D eigenvalue weighted by Gasteiger charge is -2.02. The summed E-state index contributed by atoms with van der Waals surface area (Å²) in [7, 11) is 0. The van der Waals surface area contributed by atoms with E-state index in [1.54, 1.807) is 12.3 Å². The average Bonchev–Trinajstić information content (AvgIpc) is 2.91. The Morgan fingerprint density at radius 1 is 1.18 bits per heavy atom. The summed E-state index contributed by atoms with van der Waals surface area (Å²) in [5, 5.41) is 4.54. The predicted molar refractivity (Wildman–Crippen MR) is 65.1 cm³/mol. The van der Waals surface area contributed by atoms with Gasteiger partial charge in [0.1, 0.15) is 4.88 Å². The molecule has 0 aliphatic heterocycles. The highest BCUT2D eigenvalue weighted by Gasteiger charge is 2.14. The molecule has 0 bridgehead atoms. The van der Waals surface area contributed by atoms with E-state index in [1.165, 1.54) is 6.20 Å². The van der Waals surface area contributed by atoms with Crippen molar-refractivity contribution in [2.45, 2.75) is 0 Å². The van der Waals surface area contributed by atoms with Crippen molar-refractivity contribution in [1.29, 1.82) is 0 Å². The van der Waals surface area contributed by atoms with Crippen LogP contribution in [0.4, 0.5) is 0 Å². The normalized spacial score (nSPS) is 10.6. The van der Waals surface area contributed by atoms with Crippen molar-refractivity contribution in [1.82, 2.24) is 14.6 Å². The van der Waals surface area contributed by atoms with E-state index in [0.717, 1.165) is 22.4 Å². The molecule has 0 amide bonds. The zero-order valence-corrected chi connectivity index (χ0v) is 9.52. The van der Waals surface area contributed by atoms with Crippen LogP contribution >= 0.6 is 11.5 Å². The summed E-state index contributed by atoms with van der Waals surface area (Å²) >= 11 is 1.10. The second-order valence-corrected chi connectivity index (χ2v) is 4.27. The van der Waals surface area contributed by atoms with Gasteiger partial charge < -0.3 is 0 Å². The Morgan fingerprint density at radius 3 is 2.94 bits per heavy atom. The van der Waals surface area contributed by atoms with Crippen molar-refractivity contribution in [3.05, 3.63) is 53.2 Å². The Kier molecular flexibility index (Phi) is 2.38. The molecule has 82 valence electrons. The third-order valence-electron chi connectivity index (χ3n) is 2.48. The van der Waals surface area contributed by atoms with Crippen molar-refractivity contribution >= 4 is 28.2 Å². The standard InChI is InChI=1S/C12H7N3OS/c16-12(11-7-14-15-17-11)9-3-1-5-10-8(9)4-2-6-13-10/h1-7H. The van der Waals surface area contributed by atoms with E-state index in [0.29, 0.717) is 10.4 Å². The maximum atomic E-state index is 12.2. The summed E-state index contributed by atoms with van der Waals surface area (Å²) in [6.45, 7) is 0. The van der Waals surface area contributed by atoms with E-state index in [1.807, 2.05) is 24.3 Å². The summed E-state index contributed by atoms with van der Waals surface area (Å²) in [5.74, 6) is -0.0569. The van der Waals surface area contributed by atoms with E-state index in [-0.39, 0.29) is 5.78 Å². The van der Waals surface area contributed by atoms with Crippen LogP contribution in [0.25, 0.3) is 10.9 Å². The number of benzene rings is 1. The first kappa shape index (κ1) is 10.0. The molecule has 0 saturated carbocycles. The molecule has 3 rings (SSSR count). The average molecular weight is 241 g/mol. The van der Waals surface area contributed by atoms with Gasteiger partial charge in [0.2, 0.25) is 5.78 Å². The van der Waals surface area contributed by atoms with E-state index < -0.39 is 0 Å². The van der Waals surface area contributed by atoms with Gasteiger partial charge in [-0.1, -0.05) is 22.7 Å². The molecule has 0 saturated heterocycles. The number of carbonyl (C=O) groups is 1. The summed E-state index contributed by atoms with van der Waals surface area (Å²) in [6, 6.07) is 9.23. The second-order valence-electron chi connectivity index (χ2n) is 3.49. The highest BCUT2D eigenvalue weighted by atomic mass is 32.1. The molecule has 5 heteroatoms. The summed E-state index contributed by atoms with van der Waals surface area (Å²) in [4.78, 5) is 17.0. The van der Waals surface area contributed by atoms with Gasteiger partial charge in [-0.3, -0.25) is 9.78 Å². The lowest BCUT2D eigenvalue weighted by atomic mass is 10.0. The lowest BCUT2D eigenvalue weighted by molar-refractivity contribution is 0.104. The van der Waals surface area contributed by atoms with Gasteiger partial charge in [-0.2, -0.15) is 0 Å². The number of hydrogen-bond donors (Lipinski definition) is 0. The number of ketones is 1. The van der Waals surface area contributed by atoms with Crippen molar-refractivity contribution in [3.8, 4) is 0 Å². The first-order valence-corrected chi connectivity index (χ1v) is 5.79. The molecule has 3 aromatic rings. The van der Waals surface area contributed by atoms with Crippen LogP contribution in [0.2, 0.25) is 0 Å². The molecule has 0 N–H and O–H groups in total. The Hall–Kier alpha value is -2.14. The molecule has 1 aromatic carbocycles. The molecular weight excluding hydrogens is 234 g/mol. The molecule has 0 spiro atoms. The van der Waals surface area contributed by atoms with Crippen molar-refractivity contribution in [2.24, 2.45) is 0 Å². The van der Waals surface area contributed by atoms with Gasteiger partial charge in [0, 0.05) is 17.1 Å². The molecule has 0 unspecified atom stereocenters. The summed E-state index contributed by atoms with van der Waals surface area (Å²) < 4.78 is 3.70. The molecule has 0 radical (unpaired) electrons. The smallest absolute Gasteiger partial charge is 0.206 e. The molecule has 0 atom stereocenters. The number of carbonyl (C=O) groups excluding carboxylic acids is 1. The molecule has 4 nitrogen and oxygen atoms in total. The molecule has 0 aliphatic carbocycles. The van der Waals surface area contributed by atoms with Crippen LogP contribution in [0.1, 0.15) is 15.2 Å². The lowest BCUT2D eigenvalue weighted by Crippen LogP contribution is -1.99. The number of hydrogen-bond acceptors (Lipinski definition) is 5. The molecule has 17 heavy (non-hydrogen) atoms. The fourth-order valence-electron chi connectivity index (χ4n) is 1.70. The SMILES string of the molecule is O=C(c1cnns1)c1cccc2ncccc12. The summed E-state index contributed by atoms with van der Waals surface area (Å²) in [6.07, 6.45) is 3.20. The Morgan fingerprint density at radius 2 is 2.12 bits per heavy atom. The Bertz CT molecular complexity index is 674. The first-order valence-electron chi connectivity index (χ1n) is 5.02. The molecule has 2 aromatic heterocycles. The number of fused-ring (bicyclic) bond motifs is 1. The zero-order chi connectivity index (χ0) is 11.7. The number of rotatable bonds is 2. The fourth-order valence-corrected chi connectivity index (χ4v) is 2.17. The van der Waals surface area contributed by atoms with Gasteiger partial charge in [0.25, 0.3) is 0 Å². The van der Waals surface area contributed by atoms with Gasteiger partial charge in [-0.15, -0.1) is 5.10 Å². The maximum Gasteiger partial charge on any atom is 0.206 e. The monoisotopic (exact) mass is 241 g/mol. The van der Waals surface area contributed by atoms with Gasteiger partial charge in [0.05, 0.1) is 11.7 Å². The number of aromatic nitrogens is 3. The summed E-state index contributed by atoms with van der Waals surface area (Å²) in [5.41, 5.74) is 1.46. The quantitative estimate of drug-likeness (QED) is 0.646. The van der Waals surface area contributed by atoms with Gasteiger partial charge >= 0.3 is 0 Å². The van der Waals surface area contributed by atoms with Crippen LogP contribution in [0.3, 0.4) is 0 Å². The van der Waals surface area contributed by atoms with Crippen molar-refractivity contribution in [3.63, 3.8) is 0 Å². The minimum absolute atomic E-state index is 0.0569. The van der Waals surface area contributed by atoms with E-state index in [4.69, 9.17) is 0 Å². The highest BCUT2D eigenvalue weighted by Crippen LogP contribution is 2.20. The Balaban J connectivity index is 2.21. The van der Waals surface area contributed by atoms with Crippen molar-refractivity contribution < 1.29 is 4.79 Å². The van der Waals surface area contributed by atoms with E-state index in [2.05, 4.69) is 14.6 Å².